The Kier molecular flexibility index (Phi) is 4.77. The zero-order valence-electron chi connectivity index (χ0n) is 11.9. The minimum atomic E-state index is -0.229. The quantitative estimate of drug-likeness (QED) is 0.840. The fraction of sp³-hybridized carbons (Fsp3) is 0.235. The summed E-state index contributed by atoms with van der Waals surface area (Å²) in [6.07, 6.45) is 1.05. The number of benzene rings is 2. The minimum absolute atomic E-state index is 0.229. The van der Waals surface area contributed by atoms with E-state index in [2.05, 4.69) is 36.6 Å². The molecule has 0 bridgehead atoms. The van der Waals surface area contributed by atoms with Crippen molar-refractivity contribution in [2.45, 2.75) is 20.3 Å². The van der Waals surface area contributed by atoms with E-state index in [4.69, 9.17) is 0 Å². The first-order valence-corrected chi connectivity index (χ1v) is 6.85. The number of para-hydroxylation sites is 1. The third-order valence-corrected chi connectivity index (χ3v) is 2.89. The molecule has 3 heteroatoms. The SMILES string of the molecule is CC(C)Cc1ccc(NC(=O)Nc2ccccc2)cc1. The number of hydrogen-bond donors (Lipinski definition) is 2. The molecule has 0 fully saturated rings. The molecule has 0 unspecified atom stereocenters. The van der Waals surface area contributed by atoms with Gasteiger partial charge in [0.1, 0.15) is 0 Å². The second kappa shape index (κ2) is 6.75. The van der Waals surface area contributed by atoms with E-state index in [-0.39, 0.29) is 6.03 Å². The van der Waals surface area contributed by atoms with Crippen LogP contribution in [0.1, 0.15) is 19.4 Å². The molecule has 0 saturated heterocycles. The largest absolute Gasteiger partial charge is 0.323 e. The highest BCUT2D eigenvalue weighted by atomic mass is 16.2. The van der Waals surface area contributed by atoms with Gasteiger partial charge in [0.05, 0.1) is 0 Å². The molecule has 2 aromatic rings. The number of urea groups is 1. The first-order valence-electron chi connectivity index (χ1n) is 6.85. The van der Waals surface area contributed by atoms with E-state index < -0.39 is 0 Å². The van der Waals surface area contributed by atoms with Crippen molar-refractivity contribution in [1.82, 2.24) is 0 Å². The summed E-state index contributed by atoms with van der Waals surface area (Å²) >= 11 is 0. The van der Waals surface area contributed by atoms with Crippen LogP contribution < -0.4 is 10.6 Å². The zero-order valence-corrected chi connectivity index (χ0v) is 11.9. The second-order valence-corrected chi connectivity index (χ2v) is 5.24. The molecule has 0 atom stereocenters. The molecule has 0 aliphatic heterocycles. The van der Waals surface area contributed by atoms with Gasteiger partial charge in [-0.3, -0.25) is 0 Å². The minimum Gasteiger partial charge on any atom is -0.308 e. The molecule has 2 N–H and O–H groups in total. The summed E-state index contributed by atoms with van der Waals surface area (Å²) in [6.45, 7) is 4.39. The normalized spacial score (nSPS) is 10.3. The van der Waals surface area contributed by atoms with E-state index in [9.17, 15) is 4.79 Å². The van der Waals surface area contributed by atoms with Crippen molar-refractivity contribution >= 4 is 17.4 Å². The smallest absolute Gasteiger partial charge is 0.308 e. The number of carbonyl (C=O) groups is 1. The predicted molar refractivity (Wildman–Crippen MR) is 84.1 cm³/mol. The van der Waals surface area contributed by atoms with E-state index in [1.54, 1.807) is 0 Å². The summed E-state index contributed by atoms with van der Waals surface area (Å²) in [5.41, 5.74) is 2.86. The van der Waals surface area contributed by atoms with Crippen LogP contribution in [0.2, 0.25) is 0 Å². The van der Waals surface area contributed by atoms with Crippen LogP contribution in [0.3, 0.4) is 0 Å². The fourth-order valence-electron chi connectivity index (χ4n) is 2.01. The molecule has 104 valence electrons. The van der Waals surface area contributed by atoms with Gasteiger partial charge in [-0.15, -0.1) is 0 Å². The van der Waals surface area contributed by atoms with Crippen LogP contribution in [-0.4, -0.2) is 6.03 Å². The molecule has 0 aliphatic carbocycles. The number of rotatable bonds is 4. The van der Waals surface area contributed by atoms with Gasteiger partial charge in [0.2, 0.25) is 0 Å². The van der Waals surface area contributed by atoms with Crippen LogP contribution in [-0.2, 0) is 6.42 Å². The number of amides is 2. The number of carbonyl (C=O) groups excluding carboxylic acids is 1. The van der Waals surface area contributed by atoms with E-state index in [0.717, 1.165) is 17.8 Å². The van der Waals surface area contributed by atoms with E-state index in [0.29, 0.717) is 5.92 Å². The summed E-state index contributed by atoms with van der Waals surface area (Å²) in [7, 11) is 0. The summed E-state index contributed by atoms with van der Waals surface area (Å²) in [5, 5.41) is 5.61. The van der Waals surface area contributed by atoms with Gasteiger partial charge in [0.15, 0.2) is 0 Å². The van der Waals surface area contributed by atoms with E-state index in [1.165, 1.54) is 5.56 Å². The average molecular weight is 268 g/mol. The lowest BCUT2D eigenvalue weighted by atomic mass is 10.0. The first kappa shape index (κ1) is 14.1. The Morgan fingerprint density at radius 2 is 1.45 bits per heavy atom. The molecular weight excluding hydrogens is 248 g/mol. The van der Waals surface area contributed by atoms with E-state index in [1.807, 2.05) is 42.5 Å². The lowest BCUT2D eigenvalue weighted by Crippen LogP contribution is -2.19. The van der Waals surface area contributed by atoms with E-state index >= 15 is 0 Å². The number of anilines is 2. The molecule has 3 nitrogen and oxygen atoms in total. The van der Waals surface area contributed by atoms with Gasteiger partial charge >= 0.3 is 6.03 Å². The van der Waals surface area contributed by atoms with Crippen molar-refractivity contribution in [3.63, 3.8) is 0 Å². The molecule has 0 aliphatic rings. The van der Waals surface area contributed by atoms with Crippen LogP contribution in [0.4, 0.5) is 16.2 Å². The zero-order chi connectivity index (χ0) is 14.4. The second-order valence-electron chi connectivity index (χ2n) is 5.24. The van der Waals surface area contributed by atoms with Crippen molar-refractivity contribution in [1.29, 1.82) is 0 Å². The topological polar surface area (TPSA) is 41.1 Å². The van der Waals surface area contributed by atoms with Crippen molar-refractivity contribution in [2.75, 3.05) is 10.6 Å². The maximum atomic E-state index is 11.8. The third-order valence-electron chi connectivity index (χ3n) is 2.89. The Morgan fingerprint density at radius 1 is 0.900 bits per heavy atom. The number of nitrogens with one attached hydrogen (secondary N) is 2. The fourth-order valence-corrected chi connectivity index (χ4v) is 2.01. The molecule has 0 saturated carbocycles. The maximum absolute atomic E-state index is 11.8. The molecule has 2 amide bonds. The van der Waals surface area contributed by atoms with Gasteiger partial charge in [-0.05, 0) is 42.2 Å². The van der Waals surface area contributed by atoms with Crippen molar-refractivity contribution in [2.24, 2.45) is 5.92 Å². The van der Waals surface area contributed by atoms with Crippen molar-refractivity contribution < 1.29 is 4.79 Å². The molecular formula is C17H20N2O. The van der Waals surface area contributed by atoms with Crippen LogP contribution >= 0.6 is 0 Å². The highest BCUT2D eigenvalue weighted by Gasteiger charge is 2.03. The van der Waals surface area contributed by atoms with Crippen LogP contribution in [0.25, 0.3) is 0 Å². The summed E-state index contributed by atoms with van der Waals surface area (Å²) in [5.74, 6) is 0.634. The highest BCUT2D eigenvalue weighted by Crippen LogP contribution is 2.13. The molecule has 0 heterocycles. The Labute approximate surface area is 120 Å². The molecule has 0 spiro atoms. The summed E-state index contributed by atoms with van der Waals surface area (Å²) in [4.78, 5) is 11.8. The van der Waals surface area contributed by atoms with Gasteiger partial charge in [0.25, 0.3) is 0 Å². The van der Waals surface area contributed by atoms with Gasteiger partial charge < -0.3 is 10.6 Å². The molecule has 2 aromatic carbocycles. The number of hydrogen-bond acceptors (Lipinski definition) is 1. The van der Waals surface area contributed by atoms with Gasteiger partial charge in [-0.1, -0.05) is 44.2 Å². The monoisotopic (exact) mass is 268 g/mol. The molecule has 0 radical (unpaired) electrons. The predicted octanol–water partition coefficient (Wildman–Crippen LogP) is 4.53. The highest BCUT2D eigenvalue weighted by molar-refractivity contribution is 5.99. The summed E-state index contributed by atoms with van der Waals surface area (Å²) in [6, 6.07) is 17.1. The third kappa shape index (κ3) is 4.43. The van der Waals surface area contributed by atoms with Crippen LogP contribution in [0.5, 0.6) is 0 Å². The molecule has 2 rings (SSSR count). The van der Waals surface area contributed by atoms with Crippen molar-refractivity contribution in [3.8, 4) is 0 Å². The van der Waals surface area contributed by atoms with Crippen LogP contribution in [0.15, 0.2) is 54.6 Å². The van der Waals surface area contributed by atoms with Crippen LogP contribution in [0, 0.1) is 5.92 Å². The van der Waals surface area contributed by atoms with Gasteiger partial charge in [0, 0.05) is 11.4 Å². The lowest BCUT2D eigenvalue weighted by molar-refractivity contribution is 0.262. The average Bonchev–Trinajstić information content (AvgIpc) is 2.41. The van der Waals surface area contributed by atoms with Gasteiger partial charge in [-0.25, -0.2) is 4.79 Å². The standard InChI is InChI=1S/C17H20N2O/c1-13(2)12-14-8-10-16(11-9-14)19-17(20)18-15-6-4-3-5-7-15/h3-11,13H,12H2,1-2H3,(H2,18,19,20). The molecule has 20 heavy (non-hydrogen) atoms. The Bertz CT molecular complexity index is 547. The first-order chi connectivity index (χ1) is 9.63. The lowest BCUT2D eigenvalue weighted by Gasteiger charge is -2.09. The molecule has 0 aromatic heterocycles. The van der Waals surface area contributed by atoms with Gasteiger partial charge in [-0.2, -0.15) is 0 Å². The Hall–Kier alpha value is -2.29. The summed E-state index contributed by atoms with van der Waals surface area (Å²) < 4.78 is 0. The van der Waals surface area contributed by atoms with Crippen molar-refractivity contribution in [3.05, 3.63) is 60.2 Å². The maximum Gasteiger partial charge on any atom is 0.323 e. The Morgan fingerprint density at radius 3 is 2.00 bits per heavy atom. The Balaban J connectivity index is 1.91.